The lowest BCUT2D eigenvalue weighted by Gasteiger charge is -2.27. The van der Waals surface area contributed by atoms with E-state index in [4.69, 9.17) is 5.73 Å². The van der Waals surface area contributed by atoms with Gasteiger partial charge in [-0.1, -0.05) is 24.3 Å². The quantitative estimate of drug-likeness (QED) is 0.747. The van der Waals surface area contributed by atoms with Crippen LogP contribution in [0.3, 0.4) is 0 Å². The Morgan fingerprint density at radius 2 is 1.93 bits per heavy atom. The molecule has 2 aromatic rings. The van der Waals surface area contributed by atoms with Gasteiger partial charge in [-0.3, -0.25) is 9.69 Å². The van der Waals surface area contributed by atoms with Crippen LogP contribution in [0.5, 0.6) is 5.75 Å². The van der Waals surface area contributed by atoms with E-state index in [0.29, 0.717) is 17.5 Å². The first-order valence-electron chi connectivity index (χ1n) is 8.79. The fourth-order valence-corrected chi connectivity index (χ4v) is 3.32. The molecular weight excluding hydrogens is 364 g/mol. The molecule has 2 atom stereocenters. The Morgan fingerprint density at radius 1 is 1.29 bits per heavy atom. The van der Waals surface area contributed by atoms with Crippen molar-refractivity contribution in [3.63, 3.8) is 0 Å². The number of carbonyl (C=O) groups excluding carboxylic acids is 1. The number of phenolic OH excluding ortho intramolecular Hbond substituents is 1. The Bertz CT molecular complexity index is 943. The van der Waals surface area contributed by atoms with Crippen molar-refractivity contribution in [1.29, 1.82) is 0 Å². The van der Waals surface area contributed by atoms with E-state index in [-0.39, 0.29) is 23.7 Å². The van der Waals surface area contributed by atoms with E-state index in [0.717, 1.165) is 6.07 Å². The van der Waals surface area contributed by atoms with Gasteiger partial charge >= 0.3 is 0 Å². The van der Waals surface area contributed by atoms with Gasteiger partial charge in [0.05, 0.1) is 0 Å². The van der Waals surface area contributed by atoms with Crippen LogP contribution in [0.4, 0.5) is 8.78 Å². The van der Waals surface area contributed by atoms with Crippen LogP contribution in [-0.2, 0) is 10.3 Å². The summed E-state index contributed by atoms with van der Waals surface area (Å²) in [6.07, 6.45) is 0.480. The Hall–Kier alpha value is -3.22. The van der Waals surface area contributed by atoms with Gasteiger partial charge in [-0.05, 0) is 48.2 Å². The van der Waals surface area contributed by atoms with Crippen LogP contribution in [0.15, 0.2) is 60.1 Å². The van der Waals surface area contributed by atoms with Crippen LogP contribution in [0.2, 0.25) is 0 Å². The predicted octanol–water partition coefficient (Wildman–Crippen LogP) is 3.54. The molecule has 3 rings (SSSR count). The molecule has 2 unspecified atom stereocenters. The molecule has 7 heteroatoms. The van der Waals surface area contributed by atoms with Crippen molar-refractivity contribution >= 4 is 11.9 Å². The first-order chi connectivity index (χ1) is 13.3. The maximum absolute atomic E-state index is 14.6. The van der Waals surface area contributed by atoms with Crippen molar-refractivity contribution in [1.82, 2.24) is 4.90 Å². The summed E-state index contributed by atoms with van der Waals surface area (Å²) >= 11 is 0. The summed E-state index contributed by atoms with van der Waals surface area (Å²) in [7, 11) is 1.48. The van der Waals surface area contributed by atoms with Crippen LogP contribution < -0.4 is 5.73 Å². The first-order valence-corrected chi connectivity index (χ1v) is 8.79. The Kier molecular flexibility index (Phi) is 5.18. The highest BCUT2D eigenvalue weighted by Crippen LogP contribution is 2.41. The number of nitrogens with two attached hydrogens (primary N) is 1. The minimum absolute atomic E-state index is 0.00703. The number of rotatable bonds is 6. The molecule has 28 heavy (non-hydrogen) atoms. The van der Waals surface area contributed by atoms with Gasteiger partial charge < -0.3 is 10.8 Å². The van der Waals surface area contributed by atoms with Crippen molar-refractivity contribution in [2.75, 3.05) is 7.05 Å². The zero-order chi connectivity index (χ0) is 20.5. The van der Waals surface area contributed by atoms with E-state index in [1.165, 1.54) is 48.3 Å². The lowest BCUT2D eigenvalue weighted by atomic mass is 9.81. The molecule has 146 valence electrons. The molecule has 1 heterocycles. The fraction of sp³-hybridized carbons (Fsp3) is 0.238. The number of alkyl halides is 1. The predicted molar refractivity (Wildman–Crippen MR) is 103 cm³/mol. The van der Waals surface area contributed by atoms with Gasteiger partial charge in [-0.15, -0.1) is 6.58 Å². The molecule has 0 fully saturated rings. The average molecular weight is 385 g/mol. The van der Waals surface area contributed by atoms with E-state index in [9.17, 15) is 18.7 Å². The van der Waals surface area contributed by atoms with E-state index < -0.39 is 23.4 Å². The van der Waals surface area contributed by atoms with Crippen LogP contribution in [0.1, 0.15) is 35.7 Å². The molecule has 0 saturated carbocycles. The van der Waals surface area contributed by atoms with Crippen LogP contribution in [0, 0.1) is 5.82 Å². The molecule has 0 radical (unpaired) electrons. The van der Waals surface area contributed by atoms with E-state index in [1.54, 1.807) is 6.08 Å². The molecule has 0 spiro atoms. The summed E-state index contributed by atoms with van der Waals surface area (Å²) in [6.45, 7) is 3.55. The zero-order valence-corrected chi connectivity index (χ0v) is 15.4. The highest BCUT2D eigenvalue weighted by atomic mass is 19.1. The smallest absolute Gasteiger partial charge is 0.266 e. The molecule has 1 aliphatic rings. The lowest BCUT2D eigenvalue weighted by Crippen LogP contribution is -2.41. The van der Waals surface area contributed by atoms with E-state index in [1.807, 2.05) is 0 Å². The Labute approximate surface area is 161 Å². The third kappa shape index (κ3) is 3.13. The molecule has 3 N–H and O–H groups in total. The monoisotopic (exact) mass is 385 g/mol. The van der Waals surface area contributed by atoms with E-state index >= 15 is 0 Å². The summed E-state index contributed by atoms with van der Waals surface area (Å²) in [5.74, 6) is -1.14. The summed E-state index contributed by atoms with van der Waals surface area (Å²) in [5.41, 5.74) is 4.90. The number of guanidine groups is 1. The highest BCUT2D eigenvalue weighted by molar-refractivity contribution is 6.08. The fourth-order valence-electron chi connectivity index (χ4n) is 3.32. The van der Waals surface area contributed by atoms with Crippen molar-refractivity contribution in [2.24, 2.45) is 10.7 Å². The zero-order valence-electron chi connectivity index (χ0n) is 15.4. The number of allylic oxidation sites excluding steroid dienone is 1. The van der Waals surface area contributed by atoms with Crippen LogP contribution in [-0.4, -0.2) is 28.9 Å². The number of nitrogens with zero attached hydrogens (tertiary/aromatic N) is 2. The number of halogens is 2. The summed E-state index contributed by atoms with van der Waals surface area (Å²) < 4.78 is 28.9. The maximum Gasteiger partial charge on any atom is 0.266 e. The molecule has 5 nitrogen and oxygen atoms in total. The molecule has 0 bridgehead atoms. The topological polar surface area (TPSA) is 78.9 Å². The number of hydrogen-bond acceptors (Lipinski definition) is 4. The van der Waals surface area contributed by atoms with Gasteiger partial charge in [-0.2, -0.15) is 0 Å². The van der Waals surface area contributed by atoms with Crippen LogP contribution in [0.25, 0.3) is 0 Å². The first kappa shape index (κ1) is 19.5. The van der Waals surface area contributed by atoms with Crippen molar-refractivity contribution in [2.45, 2.75) is 24.6 Å². The van der Waals surface area contributed by atoms with Crippen molar-refractivity contribution in [3.05, 3.63) is 77.6 Å². The second-order valence-corrected chi connectivity index (χ2v) is 6.66. The molecule has 0 aliphatic carbocycles. The third-order valence-corrected chi connectivity index (χ3v) is 4.90. The third-order valence-electron chi connectivity index (χ3n) is 4.90. The Balaban J connectivity index is 2.19. The maximum atomic E-state index is 14.6. The number of aliphatic imine (C=N–C) groups is 1. The van der Waals surface area contributed by atoms with Gasteiger partial charge in [0.1, 0.15) is 17.7 Å². The largest absolute Gasteiger partial charge is 0.508 e. The molecule has 0 saturated heterocycles. The van der Waals surface area contributed by atoms with Gasteiger partial charge in [0.25, 0.3) is 5.91 Å². The van der Waals surface area contributed by atoms with Gasteiger partial charge in [0, 0.05) is 12.6 Å². The summed E-state index contributed by atoms with van der Waals surface area (Å²) in [5, 5.41) is 9.60. The number of benzene rings is 2. The molecule has 2 aromatic carbocycles. The van der Waals surface area contributed by atoms with Gasteiger partial charge in [0.15, 0.2) is 11.5 Å². The van der Waals surface area contributed by atoms with Crippen molar-refractivity contribution < 1.29 is 18.7 Å². The molecule has 0 aromatic heterocycles. The highest BCUT2D eigenvalue weighted by Gasteiger charge is 2.49. The number of likely N-dealkylation sites (N-methyl/N-ethyl adjacent to an activating group) is 1. The number of carbonyl (C=O) groups is 1. The number of aromatic hydroxyl groups is 1. The Morgan fingerprint density at radius 3 is 2.50 bits per heavy atom. The molecule has 1 amide bonds. The van der Waals surface area contributed by atoms with Gasteiger partial charge in [-0.25, -0.2) is 13.8 Å². The second-order valence-electron chi connectivity index (χ2n) is 6.66. The lowest BCUT2D eigenvalue weighted by molar-refractivity contribution is -0.129. The minimum atomic E-state index is -1.58. The average Bonchev–Trinajstić information content (AvgIpc) is 2.92. The second kappa shape index (κ2) is 7.42. The van der Waals surface area contributed by atoms with Crippen molar-refractivity contribution in [3.8, 4) is 5.75 Å². The SMILES string of the molecule is C=CCCC(F)c1cc(C2(c3ccc(O)cc3)N=C(N)N(C)C2=O)ccc1F. The normalized spacial score (nSPS) is 20.2. The van der Waals surface area contributed by atoms with Crippen LogP contribution >= 0.6 is 0 Å². The molecule has 1 aliphatic heterocycles. The standard InChI is InChI=1S/C21H21F2N3O2/c1-3-4-5-17(22)16-12-14(8-11-18(16)23)21(13-6-9-15(27)10-7-13)19(28)26(2)20(24)25-21/h3,6-12,17,27H,1,4-5H2,2H3,(H2,24,25). The summed E-state index contributed by atoms with van der Waals surface area (Å²) in [6, 6.07) is 9.77. The van der Waals surface area contributed by atoms with E-state index in [2.05, 4.69) is 11.6 Å². The van der Waals surface area contributed by atoms with Gasteiger partial charge in [0.2, 0.25) is 0 Å². The molecular formula is C21H21F2N3O2. The number of phenols is 1. The number of amides is 1. The summed E-state index contributed by atoms with van der Waals surface area (Å²) in [4.78, 5) is 18.7. The number of hydrogen-bond donors (Lipinski definition) is 2. The minimum Gasteiger partial charge on any atom is -0.508 e.